The molecule has 8 nitrogen and oxygen atoms in total. The first-order chi connectivity index (χ1) is 9.91. The molecule has 2 unspecified atom stereocenters. The summed E-state index contributed by atoms with van der Waals surface area (Å²) >= 11 is 0. The number of nitrogens with one attached hydrogen (secondary N) is 2. The molecule has 0 aromatic rings. The number of amides is 2. The molecule has 1 fully saturated rings. The zero-order chi connectivity index (χ0) is 15.9. The van der Waals surface area contributed by atoms with Gasteiger partial charge in [-0.15, -0.1) is 0 Å². The fraction of sp³-hybridized carbons (Fsp3) is 0.846. The van der Waals surface area contributed by atoms with Crippen molar-refractivity contribution in [3.05, 3.63) is 0 Å². The Kier molecular flexibility index (Phi) is 7.03. The van der Waals surface area contributed by atoms with E-state index in [1.807, 2.05) is 0 Å². The smallest absolute Gasteiger partial charge is 0.252 e. The first-order valence-corrected chi connectivity index (χ1v) is 7.22. The second-order valence-electron chi connectivity index (χ2n) is 5.34. The second-order valence-corrected chi connectivity index (χ2v) is 5.34. The first-order valence-electron chi connectivity index (χ1n) is 7.22. The second kappa shape index (κ2) is 8.28. The monoisotopic (exact) mass is 302 g/mol. The highest BCUT2D eigenvalue weighted by atomic mass is 16.8. The molecule has 21 heavy (non-hydrogen) atoms. The number of hydrogen-bond donors (Lipinski definition) is 4. The Bertz CT molecular complexity index is 330. The van der Waals surface area contributed by atoms with Gasteiger partial charge in [0.2, 0.25) is 0 Å². The van der Waals surface area contributed by atoms with Gasteiger partial charge in [0.15, 0.2) is 18.0 Å². The zero-order valence-electron chi connectivity index (χ0n) is 12.7. The van der Waals surface area contributed by atoms with Crippen LogP contribution in [0.15, 0.2) is 0 Å². The molecule has 8 heteroatoms. The maximum absolute atomic E-state index is 12.1. The van der Waals surface area contributed by atoms with Crippen molar-refractivity contribution in [3.8, 4) is 0 Å². The number of hydrogen-bond acceptors (Lipinski definition) is 6. The summed E-state index contributed by atoms with van der Waals surface area (Å²) in [4.78, 5) is 24.2. The molecular weight excluding hydrogens is 276 g/mol. The van der Waals surface area contributed by atoms with Crippen molar-refractivity contribution in [3.63, 3.8) is 0 Å². The third kappa shape index (κ3) is 5.58. The van der Waals surface area contributed by atoms with E-state index in [2.05, 4.69) is 10.6 Å². The lowest BCUT2D eigenvalue weighted by Gasteiger charge is -2.16. The van der Waals surface area contributed by atoms with Crippen molar-refractivity contribution >= 4 is 11.8 Å². The number of carbonyl (C=O) groups excluding carboxylic acids is 2. The van der Waals surface area contributed by atoms with E-state index in [4.69, 9.17) is 20.9 Å². The van der Waals surface area contributed by atoms with Crippen molar-refractivity contribution in [2.75, 3.05) is 26.2 Å². The van der Waals surface area contributed by atoms with Crippen LogP contribution in [0.5, 0.6) is 0 Å². The molecule has 122 valence electrons. The molecule has 0 bridgehead atoms. The maximum Gasteiger partial charge on any atom is 0.252 e. The van der Waals surface area contributed by atoms with Gasteiger partial charge in [-0.25, -0.2) is 0 Å². The molecule has 6 N–H and O–H groups in total. The van der Waals surface area contributed by atoms with Crippen LogP contribution in [0.3, 0.4) is 0 Å². The molecule has 0 aromatic carbocycles. The molecule has 0 aromatic heterocycles. The van der Waals surface area contributed by atoms with Crippen LogP contribution < -0.4 is 22.1 Å². The van der Waals surface area contributed by atoms with Gasteiger partial charge in [0, 0.05) is 13.1 Å². The Balaban J connectivity index is 2.61. The van der Waals surface area contributed by atoms with Crippen LogP contribution in [0.2, 0.25) is 0 Å². The highest BCUT2D eigenvalue weighted by Crippen LogP contribution is 2.28. The molecule has 0 saturated carbocycles. The van der Waals surface area contributed by atoms with Crippen molar-refractivity contribution in [2.45, 2.75) is 44.7 Å². The summed E-state index contributed by atoms with van der Waals surface area (Å²) in [6.07, 6.45) is -0.599. The predicted octanol–water partition coefficient (Wildman–Crippen LogP) is -1.56. The molecule has 1 aliphatic heterocycles. The molecular formula is C13H26N4O4. The third-order valence-corrected chi connectivity index (χ3v) is 2.97. The van der Waals surface area contributed by atoms with Gasteiger partial charge >= 0.3 is 0 Å². The Hall–Kier alpha value is -1.22. The fourth-order valence-corrected chi connectivity index (χ4v) is 1.97. The minimum absolute atomic E-state index is 0.368. The molecule has 2 amide bonds. The minimum Gasteiger partial charge on any atom is -0.354 e. The number of carbonyl (C=O) groups is 2. The number of rotatable bonds is 8. The normalized spacial score (nSPS) is 23.8. The van der Waals surface area contributed by atoms with E-state index < -0.39 is 18.0 Å². The topological polar surface area (TPSA) is 129 Å². The quantitative estimate of drug-likeness (QED) is 0.401. The lowest BCUT2D eigenvalue weighted by molar-refractivity contribution is -0.159. The summed E-state index contributed by atoms with van der Waals surface area (Å²) in [7, 11) is 0. The van der Waals surface area contributed by atoms with Gasteiger partial charge < -0.3 is 31.6 Å². The van der Waals surface area contributed by atoms with Gasteiger partial charge in [-0.05, 0) is 39.8 Å². The molecule has 1 heterocycles. The first kappa shape index (κ1) is 17.8. The van der Waals surface area contributed by atoms with Gasteiger partial charge in [-0.3, -0.25) is 9.59 Å². The van der Waals surface area contributed by atoms with Gasteiger partial charge in [0.25, 0.3) is 11.8 Å². The van der Waals surface area contributed by atoms with Crippen LogP contribution in [-0.2, 0) is 19.1 Å². The summed E-state index contributed by atoms with van der Waals surface area (Å²) < 4.78 is 11.1. The van der Waals surface area contributed by atoms with Crippen LogP contribution in [0, 0.1) is 0 Å². The zero-order valence-corrected chi connectivity index (χ0v) is 12.7. The lowest BCUT2D eigenvalue weighted by Crippen LogP contribution is -2.48. The summed E-state index contributed by atoms with van der Waals surface area (Å²) in [5.41, 5.74) is 10.7. The van der Waals surface area contributed by atoms with E-state index >= 15 is 0 Å². The van der Waals surface area contributed by atoms with Crippen LogP contribution in [0.1, 0.15) is 26.7 Å². The molecule has 2 atom stereocenters. The van der Waals surface area contributed by atoms with Crippen molar-refractivity contribution < 1.29 is 19.1 Å². The summed E-state index contributed by atoms with van der Waals surface area (Å²) in [5.74, 6) is -1.72. The van der Waals surface area contributed by atoms with Gasteiger partial charge in [-0.1, -0.05) is 0 Å². The molecule has 0 spiro atoms. The van der Waals surface area contributed by atoms with E-state index in [1.165, 1.54) is 0 Å². The van der Waals surface area contributed by atoms with Crippen LogP contribution in [0.25, 0.3) is 0 Å². The van der Waals surface area contributed by atoms with E-state index in [0.717, 1.165) is 0 Å². The number of nitrogens with two attached hydrogens (primary N) is 2. The minimum atomic E-state index is -0.980. The van der Waals surface area contributed by atoms with Gasteiger partial charge in [0.05, 0.1) is 0 Å². The van der Waals surface area contributed by atoms with Gasteiger partial charge in [0.1, 0.15) is 0 Å². The molecule has 1 aliphatic rings. The van der Waals surface area contributed by atoms with E-state index in [9.17, 15) is 9.59 Å². The average Bonchev–Trinajstić information content (AvgIpc) is 2.75. The standard InChI is InChI=1S/C13H26N4O4/c1-13(2)20-9(11(18)16-7-3-5-14)10(21-13)12(19)17-8-4-6-15/h9-10H,3-8,14-15H2,1-2H3,(H,16,18)(H,17,19). The van der Waals surface area contributed by atoms with Crippen molar-refractivity contribution in [1.29, 1.82) is 0 Å². The highest BCUT2D eigenvalue weighted by molar-refractivity contribution is 5.91. The average molecular weight is 302 g/mol. The van der Waals surface area contributed by atoms with E-state index in [-0.39, 0.29) is 11.8 Å². The summed E-state index contributed by atoms with van der Waals surface area (Å²) in [6.45, 7) is 5.18. The Morgan fingerprint density at radius 3 is 1.67 bits per heavy atom. The lowest BCUT2D eigenvalue weighted by atomic mass is 10.1. The molecule has 0 aliphatic carbocycles. The Labute approximate surface area is 124 Å². The van der Waals surface area contributed by atoms with Crippen LogP contribution >= 0.6 is 0 Å². The van der Waals surface area contributed by atoms with Crippen LogP contribution in [0.4, 0.5) is 0 Å². The summed E-state index contributed by atoms with van der Waals surface area (Å²) in [6, 6.07) is 0. The van der Waals surface area contributed by atoms with Gasteiger partial charge in [-0.2, -0.15) is 0 Å². The van der Waals surface area contributed by atoms with Crippen molar-refractivity contribution in [1.82, 2.24) is 10.6 Å². The predicted molar refractivity (Wildman–Crippen MR) is 77.2 cm³/mol. The molecule has 1 saturated heterocycles. The third-order valence-electron chi connectivity index (χ3n) is 2.97. The Morgan fingerprint density at radius 2 is 1.33 bits per heavy atom. The SMILES string of the molecule is CC1(C)OC(C(=O)NCCCN)C(C(=O)NCCCN)O1. The molecule has 0 radical (unpaired) electrons. The highest BCUT2D eigenvalue weighted by Gasteiger charge is 2.48. The molecule has 1 rings (SSSR count). The van der Waals surface area contributed by atoms with Crippen molar-refractivity contribution in [2.24, 2.45) is 11.5 Å². The van der Waals surface area contributed by atoms with Crippen LogP contribution in [-0.4, -0.2) is 56.0 Å². The maximum atomic E-state index is 12.1. The largest absolute Gasteiger partial charge is 0.354 e. The van der Waals surface area contributed by atoms with E-state index in [0.29, 0.717) is 39.0 Å². The fourth-order valence-electron chi connectivity index (χ4n) is 1.97. The Morgan fingerprint density at radius 1 is 0.952 bits per heavy atom. The van der Waals surface area contributed by atoms with E-state index in [1.54, 1.807) is 13.8 Å². The summed E-state index contributed by atoms with van der Waals surface area (Å²) in [5, 5.41) is 5.38. The number of ether oxygens (including phenoxy) is 2.